The third-order valence-electron chi connectivity index (χ3n) is 1.42. The largest absolute Gasteiger partial charge is 0.380 e. The molecule has 1 N–H and O–H groups in total. The molecule has 0 saturated heterocycles. The number of carbonyl (C=O) groups excluding carboxylic acids is 1. The molecule has 4 nitrogen and oxygen atoms in total. The summed E-state index contributed by atoms with van der Waals surface area (Å²) >= 11 is 0. The summed E-state index contributed by atoms with van der Waals surface area (Å²) in [6.45, 7) is 7.60. The highest BCUT2D eigenvalue weighted by molar-refractivity contribution is 5.77. The van der Waals surface area contributed by atoms with Gasteiger partial charge in [-0.15, -0.1) is 0 Å². The molecule has 1 amide bonds. The smallest absolute Gasteiger partial charge is 0.246 e. The van der Waals surface area contributed by atoms with Crippen molar-refractivity contribution >= 4 is 5.91 Å². The molecule has 0 aliphatic rings. The highest BCUT2D eigenvalue weighted by Gasteiger charge is 2.06. The predicted molar refractivity (Wildman–Crippen MR) is 50.6 cm³/mol. The Morgan fingerprint density at radius 3 is 2.46 bits per heavy atom. The fourth-order valence-corrected chi connectivity index (χ4v) is 0.848. The molecule has 4 heteroatoms. The number of amides is 1. The monoisotopic (exact) mass is 189 g/mol. The molecular formula is C9H19NO3. The van der Waals surface area contributed by atoms with Crippen molar-refractivity contribution in [3.63, 3.8) is 0 Å². The van der Waals surface area contributed by atoms with Gasteiger partial charge in [0, 0.05) is 19.3 Å². The topological polar surface area (TPSA) is 47.6 Å². The molecule has 0 saturated carbocycles. The third-order valence-corrected chi connectivity index (χ3v) is 1.42. The lowest BCUT2D eigenvalue weighted by atomic mass is 10.3. The van der Waals surface area contributed by atoms with Crippen LogP contribution in [0, 0.1) is 0 Å². The van der Waals surface area contributed by atoms with Gasteiger partial charge in [-0.05, 0) is 20.8 Å². The second kappa shape index (κ2) is 8.01. The number of ether oxygens (including phenoxy) is 2. The molecule has 0 bridgehead atoms. The average molecular weight is 189 g/mol. The molecule has 0 rings (SSSR count). The van der Waals surface area contributed by atoms with Crippen LogP contribution in [0.2, 0.25) is 0 Å². The van der Waals surface area contributed by atoms with Crippen molar-refractivity contribution in [1.29, 1.82) is 0 Å². The van der Waals surface area contributed by atoms with Crippen LogP contribution in [-0.4, -0.2) is 38.4 Å². The van der Waals surface area contributed by atoms with Gasteiger partial charge in [-0.25, -0.2) is 0 Å². The summed E-state index contributed by atoms with van der Waals surface area (Å²) in [7, 11) is 0. The molecule has 0 spiro atoms. The number of hydrogen-bond acceptors (Lipinski definition) is 3. The van der Waals surface area contributed by atoms with E-state index in [9.17, 15) is 4.79 Å². The first-order valence-corrected chi connectivity index (χ1v) is 4.65. The first kappa shape index (κ1) is 12.4. The van der Waals surface area contributed by atoms with Gasteiger partial charge in [0.15, 0.2) is 0 Å². The average Bonchev–Trinajstić information content (AvgIpc) is 2.11. The molecule has 0 radical (unpaired) electrons. The van der Waals surface area contributed by atoms with Gasteiger partial charge in [0.25, 0.3) is 0 Å². The Kier molecular flexibility index (Phi) is 7.63. The Bertz CT molecular complexity index is 139. The Morgan fingerprint density at radius 2 is 1.92 bits per heavy atom. The summed E-state index contributed by atoms with van der Waals surface area (Å²) in [5.74, 6) is -0.0888. The predicted octanol–water partition coefficient (Wildman–Crippen LogP) is 0.564. The van der Waals surface area contributed by atoms with Crippen LogP contribution < -0.4 is 5.32 Å². The molecule has 1 atom stereocenters. The first-order valence-electron chi connectivity index (χ1n) is 4.65. The van der Waals surface area contributed by atoms with Gasteiger partial charge in [-0.1, -0.05) is 0 Å². The van der Waals surface area contributed by atoms with Crippen molar-refractivity contribution in [2.45, 2.75) is 26.8 Å². The van der Waals surface area contributed by atoms with E-state index in [0.717, 1.165) is 0 Å². The van der Waals surface area contributed by atoms with Gasteiger partial charge in [-0.3, -0.25) is 4.79 Å². The zero-order valence-electron chi connectivity index (χ0n) is 8.63. The van der Waals surface area contributed by atoms with E-state index in [1.807, 2.05) is 20.8 Å². The number of carbonyl (C=O) groups is 1. The third kappa shape index (κ3) is 7.74. The van der Waals surface area contributed by atoms with E-state index in [-0.39, 0.29) is 18.6 Å². The summed E-state index contributed by atoms with van der Waals surface area (Å²) in [5, 5.41) is 2.76. The molecule has 0 aliphatic carbocycles. The Labute approximate surface area is 79.6 Å². The maximum Gasteiger partial charge on any atom is 0.246 e. The van der Waals surface area contributed by atoms with Gasteiger partial charge < -0.3 is 14.8 Å². The molecule has 0 fully saturated rings. The molecule has 13 heavy (non-hydrogen) atoms. The van der Waals surface area contributed by atoms with E-state index in [1.54, 1.807) is 0 Å². The van der Waals surface area contributed by atoms with Crippen LogP contribution in [0.3, 0.4) is 0 Å². The molecule has 0 aromatic heterocycles. The molecule has 0 heterocycles. The van der Waals surface area contributed by atoms with Crippen molar-refractivity contribution in [2.75, 3.05) is 26.4 Å². The molecule has 0 aromatic rings. The van der Waals surface area contributed by atoms with E-state index in [1.165, 1.54) is 0 Å². The van der Waals surface area contributed by atoms with Crippen molar-refractivity contribution in [3.05, 3.63) is 0 Å². The fourth-order valence-electron chi connectivity index (χ4n) is 0.848. The zero-order valence-corrected chi connectivity index (χ0v) is 8.63. The second-order valence-corrected chi connectivity index (χ2v) is 2.77. The molecule has 78 valence electrons. The minimum Gasteiger partial charge on any atom is -0.380 e. The number of nitrogens with one attached hydrogen (secondary N) is 1. The standard InChI is InChI=1S/C9H19NO3/c1-4-12-6-8(3)10-9(11)7-13-5-2/h8H,4-7H2,1-3H3,(H,10,11). The van der Waals surface area contributed by atoms with Crippen LogP contribution in [0.1, 0.15) is 20.8 Å². The summed E-state index contributed by atoms with van der Waals surface area (Å²) in [4.78, 5) is 11.1. The van der Waals surface area contributed by atoms with Gasteiger partial charge in [0.1, 0.15) is 6.61 Å². The minimum absolute atomic E-state index is 0.0490. The summed E-state index contributed by atoms with van der Waals surface area (Å²) in [5.41, 5.74) is 0. The van der Waals surface area contributed by atoms with Crippen LogP contribution in [0.5, 0.6) is 0 Å². The van der Waals surface area contributed by atoms with Gasteiger partial charge >= 0.3 is 0 Å². The maximum atomic E-state index is 11.1. The van der Waals surface area contributed by atoms with E-state index in [0.29, 0.717) is 19.8 Å². The SMILES string of the molecule is CCOCC(=O)NC(C)COCC. The van der Waals surface area contributed by atoms with Crippen LogP contribution in [-0.2, 0) is 14.3 Å². The summed E-state index contributed by atoms with van der Waals surface area (Å²) in [6, 6.07) is 0.0490. The van der Waals surface area contributed by atoms with Crippen molar-refractivity contribution in [2.24, 2.45) is 0 Å². The van der Waals surface area contributed by atoms with Crippen molar-refractivity contribution < 1.29 is 14.3 Å². The van der Waals surface area contributed by atoms with Gasteiger partial charge in [-0.2, -0.15) is 0 Å². The lowest BCUT2D eigenvalue weighted by molar-refractivity contribution is -0.126. The van der Waals surface area contributed by atoms with E-state index >= 15 is 0 Å². The molecule has 0 aliphatic heterocycles. The normalized spacial score (nSPS) is 12.5. The number of hydrogen-bond donors (Lipinski definition) is 1. The van der Waals surface area contributed by atoms with Gasteiger partial charge in [0.05, 0.1) is 6.61 Å². The quantitative estimate of drug-likeness (QED) is 0.636. The highest BCUT2D eigenvalue weighted by atomic mass is 16.5. The first-order chi connectivity index (χ1) is 6.20. The second-order valence-electron chi connectivity index (χ2n) is 2.77. The highest BCUT2D eigenvalue weighted by Crippen LogP contribution is 1.84. The maximum absolute atomic E-state index is 11.1. The van der Waals surface area contributed by atoms with Gasteiger partial charge in [0.2, 0.25) is 5.91 Å². The fraction of sp³-hybridized carbons (Fsp3) is 0.889. The van der Waals surface area contributed by atoms with E-state index in [2.05, 4.69) is 5.32 Å². The lowest BCUT2D eigenvalue weighted by Crippen LogP contribution is -2.38. The molecule has 0 aromatic carbocycles. The molecular weight excluding hydrogens is 170 g/mol. The van der Waals surface area contributed by atoms with E-state index in [4.69, 9.17) is 9.47 Å². The minimum atomic E-state index is -0.0888. The Balaban J connectivity index is 3.41. The van der Waals surface area contributed by atoms with E-state index < -0.39 is 0 Å². The van der Waals surface area contributed by atoms with Crippen LogP contribution >= 0.6 is 0 Å². The summed E-state index contributed by atoms with van der Waals surface area (Å²) < 4.78 is 10.1. The van der Waals surface area contributed by atoms with Crippen molar-refractivity contribution in [1.82, 2.24) is 5.32 Å². The van der Waals surface area contributed by atoms with Crippen LogP contribution in [0.15, 0.2) is 0 Å². The Morgan fingerprint density at radius 1 is 1.31 bits per heavy atom. The van der Waals surface area contributed by atoms with Crippen LogP contribution in [0.4, 0.5) is 0 Å². The number of rotatable bonds is 7. The van der Waals surface area contributed by atoms with Crippen molar-refractivity contribution in [3.8, 4) is 0 Å². The molecule has 1 unspecified atom stereocenters. The summed E-state index contributed by atoms with van der Waals surface area (Å²) in [6.07, 6.45) is 0. The van der Waals surface area contributed by atoms with Crippen LogP contribution in [0.25, 0.3) is 0 Å². The lowest BCUT2D eigenvalue weighted by Gasteiger charge is -2.13. The Hall–Kier alpha value is -0.610. The zero-order chi connectivity index (χ0) is 10.1.